The molecule has 0 aliphatic rings. The van der Waals surface area contributed by atoms with Crippen LogP contribution in [0, 0.1) is 0 Å². The summed E-state index contributed by atoms with van der Waals surface area (Å²) in [6.07, 6.45) is 0. The predicted octanol–water partition coefficient (Wildman–Crippen LogP) is 4.09. The van der Waals surface area contributed by atoms with Gasteiger partial charge in [0.25, 0.3) is 0 Å². The number of aromatic hydroxyl groups is 1. The summed E-state index contributed by atoms with van der Waals surface area (Å²) >= 11 is 0. The van der Waals surface area contributed by atoms with Gasteiger partial charge in [0.05, 0.1) is 24.5 Å². The second-order valence-corrected chi connectivity index (χ2v) is 8.69. The molecule has 3 N–H and O–H groups in total. The minimum Gasteiger partial charge on any atom is -0.744 e. The zero-order chi connectivity index (χ0) is 22.4. The van der Waals surface area contributed by atoms with Gasteiger partial charge in [0.15, 0.2) is 0 Å². The summed E-state index contributed by atoms with van der Waals surface area (Å²) in [6, 6.07) is 17.5. The van der Waals surface area contributed by atoms with Crippen molar-refractivity contribution in [2.24, 2.45) is 0 Å². The van der Waals surface area contributed by atoms with Crippen molar-refractivity contribution in [1.29, 1.82) is 0 Å². The van der Waals surface area contributed by atoms with Crippen LogP contribution in [-0.4, -0.2) is 42.2 Å². The smallest absolute Gasteiger partial charge is 0.124 e. The maximum Gasteiger partial charge on any atom is 0.124 e. The van der Waals surface area contributed by atoms with Crippen LogP contribution in [0.15, 0.2) is 65.6 Å². The Hall–Kier alpha value is -2.61. The Kier molecular flexibility index (Phi) is 7.83. The molecule has 0 spiro atoms. The lowest BCUT2D eigenvalue weighted by Gasteiger charge is -2.35. The van der Waals surface area contributed by atoms with E-state index in [-0.39, 0.29) is 5.75 Å². The molecule has 0 bridgehead atoms. The highest BCUT2D eigenvalue weighted by Gasteiger charge is 2.20. The number of anilines is 1. The van der Waals surface area contributed by atoms with Gasteiger partial charge < -0.3 is 19.9 Å². The van der Waals surface area contributed by atoms with Crippen LogP contribution in [0.3, 0.4) is 0 Å². The van der Waals surface area contributed by atoms with E-state index in [4.69, 9.17) is 5.73 Å². The molecule has 0 radical (unpaired) electrons. The van der Waals surface area contributed by atoms with Crippen LogP contribution in [0.4, 0.5) is 5.69 Å². The molecule has 0 unspecified atom stereocenters. The van der Waals surface area contributed by atoms with Gasteiger partial charge in [-0.15, -0.1) is 0 Å². The quantitative estimate of drug-likeness (QED) is 0.348. The van der Waals surface area contributed by atoms with E-state index in [0.717, 1.165) is 6.07 Å². The van der Waals surface area contributed by atoms with Crippen molar-refractivity contribution < 1.29 is 22.6 Å². The highest BCUT2D eigenvalue weighted by molar-refractivity contribution is 7.85. The predicted molar refractivity (Wildman–Crippen MR) is 120 cm³/mol. The van der Waals surface area contributed by atoms with Crippen molar-refractivity contribution in [2.75, 3.05) is 25.4 Å². The van der Waals surface area contributed by atoms with Crippen LogP contribution < -0.4 is 5.73 Å². The number of nitrogens with zero attached hydrogens (tertiary/aromatic N) is 1. The van der Waals surface area contributed by atoms with Gasteiger partial charge in [0.1, 0.15) is 22.4 Å². The molecule has 0 saturated heterocycles. The number of fused-ring (bicyclic) bond motifs is 1. The lowest BCUT2D eigenvalue weighted by atomic mass is 10.1. The van der Waals surface area contributed by atoms with Gasteiger partial charge >= 0.3 is 0 Å². The van der Waals surface area contributed by atoms with Crippen LogP contribution in [0.1, 0.15) is 26.3 Å². The first kappa shape index (κ1) is 23.7. The van der Waals surface area contributed by atoms with Crippen molar-refractivity contribution in [3.63, 3.8) is 0 Å². The lowest BCUT2D eigenvalue weighted by Crippen LogP contribution is -2.46. The Morgan fingerprint density at radius 1 is 0.933 bits per heavy atom. The first-order chi connectivity index (χ1) is 14.1. The van der Waals surface area contributed by atoms with Crippen LogP contribution in [-0.2, 0) is 16.7 Å². The van der Waals surface area contributed by atoms with Crippen molar-refractivity contribution in [2.45, 2.75) is 32.2 Å². The lowest BCUT2D eigenvalue weighted by molar-refractivity contribution is -0.936. The van der Waals surface area contributed by atoms with E-state index in [0.29, 0.717) is 16.5 Å². The van der Waals surface area contributed by atoms with Crippen molar-refractivity contribution in [3.05, 3.63) is 66.2 Å². The van der Waals surface area contributed by atoms with Gasteiger partial charge in [0, 0.05) is 16.6 Å². The average molecular weight is 431 g/mol. The summed E-state index contributed by atoms with van der Waals surface area (Å²) < 4.78 is 33.6. The second kappa shape index (κ2) is 9.93. The van der Waals surface area contributed by atoms with E-state index in [9.17, 15) is 18.1 Å². The molecule has 0 fully saturated rings. The van der Waals surface area contributed by atoms with Gasteiger partial charge in [0.2, 0.25) is 0 Å². The Bertz CT molecular complexity index is 1070. The molecule has 3 aromatic carbocycles. The monoisotopic (exact) mass is 430 g/mol. The molecule has 3 rings (SSSR count). The van der Waals surface area contributed by atoms with E-state index < -0.39 is 15.0 Å². The highest BCUT2D eigenvalue weighted by atomic mass is 32.2. The van der Waals surface area contributed by atoms with E-state index in [2.05, 4.69) is 51.1 Å². The molecular weight excluding hydrogens is 400 g/mol. The fourth-order valence-corrected chi connectivity index (χ4v) is 3.99. The number of hydrogen-bond acceptors (Lipinski definition) is 5. The molecule has 7 heteroatoms. The van der Waals surface area contributed by atoms with Gasteiger partial charge in [-0.2, -0.15) is 0 Å². The molecule has 0 aromatic heterocycles. The molecule has 162 valence electrons. The Morgan fingerprint density at radius 3 is 2.07 bits per heavy atom. The maximum atomic E-state index is 10.8. The number of rotatable bonds is 6. The van der Waals surface area contributed by atoms with E-state index in [1.54, 1.807) is 12.1 Å². The number of benzene rings is 3. The minimum absolute atomic E-state index is 0.257. The number of nitrogens with two attached hydrogens (primary N) is 1. The Morgan fingerprint density at radius 2 is 1.53 bits per heavy atom. The topological polar surface area (TPSA) is 103 Å². The number of quaternary nitrogens is 1. The molecule has 0 amide bonds. The van der Waals surface area contributed by atoms with Crippen molar-refractivity contribution in [3.8, 4) is 5.75 Å². The number of nitrogen functional groups attached to an aromatic ring is 1. The number of phenolic OH excluding ortho intramolecular Hbond substituents is 1. The fourth-order valence-electron chi connectivity index (χ4n) is 3.46. The van der Waals surface area contributed by atoms with Crippen LogP contribution in [0.25, 0.3) is 10.8 Å². The fraction of sp³-hybridized carbons (Fsp3) is 0.304. The van der Waals surface area contributed by atoms with Crippen LogP contribution >= 0.6 is 0 Å². The highest BCUT2D eigenvalue weighted by Crippen LogP contribution is 2.29. The van der Waals surface area contributed by atoms with Crippen LogP contribution in [0.2, 0.25) is 0 Å². The molecule has 6 nitrogen and oxygen atoms in total. The molecule has 3 aromatic rings. The number of hydrogen-bond donors (Lipinski definition) is 2. The maximum absolute atomic E-state index is 10.8. The molecule has 0 aliphatic heterocycles. The summed E-state index contributed by atoms with van der Waals surface area (Å²) in [4.78, 5) is -0.469. The van der Waals surface area contributed by atoms with Crippen molar-refractivity contribution in [1.82, 2.24) is 0 Å². The van der Waals surface area contributed by atoms with E-state index >= 15 is 0 Å². The first-order valence-corrected chi connectivity index (χ1v) is 11.4. The van der Waals surface area contributed by atoms with E-state index in [1.807, 2.05) is 0 Å². The summed E-state index contributed by atoms with van der Waals surface area (Å²) in [6.45, 7) is 11.7. The third-order valence-corrected chi connectivity index (χ3v) is 6.40. The molecule has 0 aliphatic carbocycles. The summed E-state index contributed by atoms with van der Waals surface area (Å²) in [7, 11) is -4.58. The largest absolute Gasteiger partial charge is 0.744 e. The average Bonchev–Trinajstić information content (AvgIpc) is 2.72. The third-order valence-electron chi connectivity index (χ3n) is 5.59. The van der Waals surface area contributed by atoms with Crippen molar-refractivity contribution >= 4 is 26.6 Å². The first-order valence-electron chi connectivity index (χ1n) is 10.0. The second-order valence-electron chi connectivity index (χ2n) is 7.31. The summed E-state index contributed by atoms with van der Waals surface area (Å²) in [5.74, 6) is -0.257. The normalized spacial score (nSPS) is 11.7. The zero-order valence-electron chi connectivity index (χ0n) is 17.7. The van der Waals surface area contributed by atoms with Gasteiger partial charge in [-0.25, -0.2) is 8.42 Å². The molecular formula is C23H30N2O4S. The Balaban J connectivity index is 0.000000216. The minimum atomic E-state index is -4.58. The number of phenols is 1. The zero-order valence-corrected chi connectivity index (χ0v) is 18.5. The molecule has 0 atom stereocenters. The van der Waals surface area contributed by atoms with Crippen LogP contribution in [0.5, 0.6) is 5.75 Å². The van der Waals surface area contributed by atoms with Gasteiger partial charge in [-0.1, -0.05) is 30.3 Å². The Labute approximate surface area is 178 Å². The SMILES string of the molecule is CC[N+](CC)(CC)Cc1ccccc1.Nc1ccc2c(O)cc(S(=O)(=O)[O-])cc2c1. The van der Waals surface area contributed by atoms with Gasteiger partial charge in [-0.3, -0.25) is 0 Å². The van der Waals surface area contributed by atoms with E-state index in [1.165, 1.54) is 48.4 Å². The standard InChI is InChI=1S/C13H22N.C10H9NO4S/c1-4-14(5-2,6-3)12-13-10-8-7-9-11-13;11-7-1-2-9-6(3-7)4-8(5-10(9)12)16(13,14)15/h7-11H,4-6,12H2,1-3H3;1-5,12H,11H2,(H,13,14,15)/q+1;/p-1. The molecule has 0 saturated carbocycles. The summed E-state index contributed by atoms with van der Waals surface area (Å²) in [5, 5.41) is 10.4. The molecule has 30 heavy (non-hydrogen) atoms. The molecule has 0 heterocycles. The van der Waals surface area contributed by atoms with Gasteiger partial charge in [-0.05, 0) is 56.5 Å². The summed E-state index contributed by atoms with van der Waals surface area (Å²) in [5.41, 5.74) is 7.40. The third kappa shape index (κ3) is 5.95.